The maximum Gasteiger partial charge on any atom is 0.229 e. The molecule has 0 saturated carbocycles. The van der Waals surface area contributed by atoms with Gasteiger partial charge in [0.05, 0.1) is 22.7 Å². The summed E-state index contributed by atoms with van der Waals surface area (Å²) in [5.41, 5.74) is 3.95. The van der Waals surface area contributed by atoms with Gasteiger partial charge in [-0.15, -0.1) is 11.3 Å². The van der Waals surface area contributed by atoms with Crippen molar-refractivity contribution >= 4 is 39.1 Å². The Morgan fingerprint density at radius 1 is 1.28 bits per heavy atom. The summed E-state index contributed by atoms with van der Waals surface area (Å²) in [4.78, 5) is 31.0. The predicted molar refractivity (Wildman–Crippen MR) is 115 cm³/mol. The van der Waals surface area contributed by atoms with Gasteiger partial charge < -0.3 is 15.0 Å². The molecule has 1 N–H and O–H groups in total. The van der Waals surface area contributed by atoms with Gasteiger partial charge in [0.25, 0.3) is 0 Å². The summed E-state index contributed by atoms with van der Waals surface area (Å²) >= 11 is 1.66. The number of likely N-dealkylation sites (tertiary alicyclic amines) is 1. The second kappa shape index (κ2) is 8.31. The number of fused-ring (bicyclic) bond motifs is 1. The minimum absolute atomic E-state index is 0.00335. The summed E-state index contributed by atoms with van der Waals surface area (Å²) in [6, 6.07) is 13.9. The monoisotopic (exact) mass is 409 g/mol. The van der Waals surface area contributed by atoms with E-state index in [1.807, 2.05) is 30.3 Å². The Morgan fingerprint density at radius 3 is 2.83 bits per heavy atom. The summed E-state index contributed by atoms with van der Waals surface area (Å²) in [5.74, 6) is -0.448. The van der Waals surface area contributed by atoms with Gasteiger partial charge in [-0.05, 0) is 48.9 Å². The number of aromatic nitrogens is 1. The van der Waals surface area contributed by atoms with Gasteiger partial charge in [-0.2, -0.15) is 0 Å². The average Bonchev–Trinajstić information content (AvgIpc) is 3.30. The highest BCUT2D eigenvalue weighted by Gasteiger charge is 2.33. The fraction of sp³-hybridized carbons (Fsp3) is 0.318. The molecule has 0 aliphatic carbocycles. The molecule has 1 unspecified atom stereocenters. The molecule has 1 aromatic heterocycles. The zero-order valence-corrected chi connectivity index (χ0v) is 17.3. The van der Waals surface area contributed by atoms with E-state index in [2.05, 4.69) is 24.4 Å². The second-order valence-corrected chi connectivity index (χ2v) is 8.32. The minimum Gasteiger partial charge on any atom is -0.383 e. The molecule has 150 valence electrons. The Bertz CT molecular complexity index is 1050. The molecule has 2 aromatic carbocycles. The number of amides is 2. The number of carbonyl (C=O) groups excluding carboxylic acids is 2. The van der Waals surface area contributed by atoms with Crippen molar-refractivity contribution in [2.75, 3.05) is 32.1 Å². The van der Waals surface area contributed by atoms with E-state index in [1.165, 1.54) is 10.3 Å². The Kier molecular flexibility index (Phi) is 5.60. The first-order valence-corrected chi connectivity index (χ1v) is 10.4. The molecule has 29 heavy (non-hydrogen) atoms. The number of thiazole rings is 1. The van der Waals surface area contributed by atoms with Crippen LogP contribution in [-0.2, 0) is 14.3 Å². The van der Waals surface area contributed by atoms with E-state index in [0.29, 0.717) is 19.7 Å². The highest BCUT2D eigenvalue weighted by molar-refractivity contribution is 7.21. The van der Waals surface area contributed by atoms with E-state index in [9.17, 15) is 9.59 Å². The van der Waals surface area contributed by atoms with Crippen molar-refractivity contribution in [1.29, 1.82) is 0 Å². The van der Waals surface area contributed by atoms with Crippen LogP contribution in [0.1, 0.15) is 12.0 Å². The van der Waals surface area contributed by atoms with Gasteiger partial charge >= 0.3 is 0 Å². The van der Waals surface area contributed by atoms with Crippen LogP contribution in [0.5, 0.6) is 0 Å². The standard InChI is InChI=1S/C22H23N3O3S/c1-14-3-8-18-19(11-14)29-22(24-18)15-4-6-17(7-5-15)23-21(27)16-12-20(26)25(13-16)9-10-28-2/h3-8,11,16H,9-10,12-13H2,1-2H3,(H,23,27). The first kappa shape index (κ1) is 19.5. The van der Waals surface area contributed by atoms with Crippen molar-refractivity contribution in [3.63, 3.8) is 0 Å². The molecule has 1 saturated heterocycles. The molecule has 6 nitrogen and oxygen atoms in total. The van der Waals surface area contributed by atoms with Gasteiger partial charge in [0.2, 0.25) is 11.8 Å². The largest absolute Gasteiger partial charge is 0.383 e. The Hall–Kier alpha value is -2.77. The first-order valence-electron chi connectivity index (χ1n) is 9.58. The third-order valence-electron chi connectivity index (χ3n) is 5.09. The molecule has 1 atom stereocenters. The molecule has 0 radical (unpaired) electrons. The molecule has 3 aromatic rings. The van der Waals surface area contributed by atoms with Crippen molar-refractivity contribution in [1.82, 2.24) is 9.88 Å². The fourth-order valence-electron chi connectivity index (χ4n) is 3.46. The molecule has 4 rings (SSSR count). The van der Waals surface area contributed by atoms with E-state index >= 15 is 0 Å². The normalized spacial score (nSPS) is 16.6. The summed E-state index contributed by atoms with van der Waals surface area (Å²) in [6.45, 7) is 3.52. The van der Waals surface area contributed by atoms with Crippen LogP contribution >= 0.6 is 11.3 Å². The number of aryl methyl sites for hydroxylation is 1. The minimum atomic E-state index is -0.327. The molecular formula is C22H23N3O3S. The third-order valence-corrected chi connectivity index (χ3v) is 6.16. The highest BCUT2D eigenvalue weighted by Crippen LogP contribution is 2.31. The zero-order valence-electron chi connectivity index (χ0n) is 16.5. The summed E-state index contributed by atoms with van der Waals surface area (Å²) in [6.07, 6.45) is 0.249. The summed E-state index contributed by atoms with van der Waals surface area (Å²) in [7, 11) is 1.60. The number of methoxy groups -OCH3 is 1. The van der Waals surface area contributed by atoms with Crippen molar-refractivity contribution in [3.8, 4) is 10.6 Å². The maximum atomic E-state index is 12.6. The Morgan fingerprint density at radius 2 is 2.07 bits per heavy atom. The summed E-state index contributed by atoms with van der Waals surface area (Å²) < 4.78 is 6.19. The van der Waals surface area contributed by atoms with Gasteiger partial charge in [0.1, 0.15) is 5.01 Å². The number of carbonyl (C=O) groups is 2. The number of nitrogens with one attached hydrogen (secondary N) is 1. The molecule has 0 bridgehead atoms. The number of benzene rings is 2. The number of ether oxygens (including phenoxy) is 1. The second-order valence-electron chi connectivity index (χ2n) is 7.29. The van der Waals surface area contributed by atoms with Crippen LogP contribution in [0.3, 0.4) is 0 Å². The first-order chi connectivity index (χ1) is 14.0. The lowest BCUT2D eigenvalue weighted by Crippen LogP contribution is -2.30. The molecule has 2 amide bonds. The van der Waals surface area contributed by atoms with E-state index in [-0.39, 0.29) is 24.2 Å². The quantitative estimate of drug-likeness (QED) is 0.674. The fourth-order valence-corrected chi connectivity index (χ4v) is 4.53. The van der Waals surface area contributed by atoms with Crippen molar-refractivity contribution < 1.29 is 14.3 Å². The lowest BCUT2D eigenvalue weighted by atomic mass is 10.1. The van der Waals surface area contributed by atoms with Crippen LogP contribution in [0.15, 0.2) is 42.5 Å². The van der Waals surface area contributed by atoms with E-state index in [1.54, 1.807) is 23.3 Å². The molecule has 0 spiro atoms. The van der Waals surface area contributed by atoms with Crippen molar-refractivity contribution in [2.24, 2.45) is 5.92 Å². The van der Waals surface area contributed by atoms with Crippen molar-refractivity contribution in [3.05, 3.63) is 48.0 Å². The third kappa shape index (κ3) is 4.31. The lowest BCUT2D eigenvalue weighted by molar-refractivity contribution is -0.128. The number of hydrogen-bond donors (Lipinski definition) is 1. The van der Waals surface area contributed by atoms with Crippen LogP contribution in [0.25, 0.3) is 20.8 Å². The highest BCUT2D eigenvalue weighted by atomic mass is 32.1. The predicted octanol–water partition coefficient (Wildman–Crippen LogP) is 3.71. The molecule has 1 aliphatic rings. The van der Waals surface area contributed by atoms with E-state index in [4.69, 9.17) is 9.72 Å². The number of nitrogens with zero attached hydrogens (tertiary/aromatic N) is 2. The molecule has 2 heterocycles. The topological polar surface area (TPSA) is 71.5 Å². The van der Waals surface area contributed by atoms with Crippen LogP contribution in [0.4, 0.5) is 5.69 Å². The van der Waals surface area contributed by atoms with Crippen LogP contribution in [0, 0.1) is 12.8 Å². The van der Waals surface area contributed by atoms with E-state index in [0.717, 1.165) is 21.8 Å². The van der Waals surface area contributed by atoms with Gasteiger partial charge in [-0.1, -0.05) is 6.07 Å². The summed E-state index contributed by atoms with van der Waals surface area (Å²) in [5, 5.41) is 3.88. The smallest absolute Gasteiger partial charge is 0.229 e. The van der Waals surface area contributed by atoms with E-state index < -0.39 is 0 Å². The van der Waals surface area contributed by atoms with Crippen molar-refractivity contribution in [2.45, 2.75) is 13.3 Å². The Labute approximate surface area is 173 Å². The number of anilines is 1. The number of rotatable bonds is 6. The van der Waals surface area contributed by atoms with Gasteiger partial charge in [-0.25, -0.2) is 4.98 Å². The van der Waals surface area contributed by atoms with Crippen LogP contribution < -0.4 is 5.32 Å². The van der Waals surface area contributed by atoms with Crippen LogP contribution in [0.2, 0.25) is 0 Å². The zero-order chi connectivity index (χ0) is 20.4. The molecule has 1 aliphatic heterocycles. The SMILES string of the molecule is COCCN1CC(C(=O)Nc2ccc(-c3nc4ccc(C)cc4s3)cc2)CC1=O. The number of hydrogen-bond acceptors (Lipinski definition) is 5. The van der Waals surface area contributed by atoms with Gasteiger partial charge in [0, 0.05) is 37.9 Å². The molecule has 7 heteroatoms. The van der Waals surface area contributed by atoms with Gasteiger partial charge in [0.15, 0.2) is 0 Å². The van der Waals surface area contributed by atoms with Gasteiger partial charge in [-0.3, -0.25) is 9.59 Å². The average molecular weight is 410 g/mol. The Balaban J connectivity index is 1.41. The lowest BCUT2D eigenvalue weighted by Gasteiger charge is -2.15. The molecule has 1 fully saturated rings. The van der Waals surface area contributed by atoms with Crippen LogP contribution in [-0.4, -0.2) is 48.5 Å². The maximum absolute atomic E-state index is 12.6. The molecular weight excluding hydrogens is 386 g/mol.